The molecule has 0 aliphatic rings. The summed E-state index contributed by atoms with van der Waals surface area (Å²) < 4.78 is 55.2. The van der Waals surface area contributed by atoms with Crippen LogP contribution in [0.2, 0.25) is 0 Å². The molecule has 1 amide bonds. The molecule has 0 fully saturated rings. The fourth-order valence-corrected chi connectivity index (χ4v) is 6.00. The molecule has 1 aromatic carbocycles. The topological polar surface area (TPSA) is 135 Å². The summed E-state index contributed by atoms with van der Waals surface area (Å²) in [4.78, 5) is 24.6. The van der Waals surface area contributed by atoms with E-state index in [0.29, 0.717) is 0 Å². The second-order valence-corrected chi connectivity index (χ2v) is 12.0. The first-order valence-corrected chi connectivity index (χ1v) is 13.3. The molecule has 12 heteroatoms. The third-order valence-corrected chi connectivity index (χ3v) is 8.27. The molecule has 0 aliphatic heterocycles. The molecule has 0 unspecified atom stereocenters. The molecule has 0 radical (unpaired) electrons. The molecule has 0 spiro atoms. The third-order valence-electron chi connectivity index (χ3n) is 4.48. The van der Waals surface area contributed by atoms with E-state index in [1.807, 2.05) is 0 Å². The van der Waals surface area contributed by atoms with Gasteiger partial charge in [-0.15, -0.1) is 0 Å². The Kier molecular flexibility index (Phi) is 8.22. The van der Waals surface area contributed by atoms with Gasteiger partial charge in [-0.05, 0) is 45.0 Å². The van der Waals surface area contributed by atoms with Crippen LogP contribution in [0, 0.1) is 0 Å². The number of carbonyl (C=O) groups excluding carboxylic acids is 1. The SMILES string of the molecule is CCN(CC)S(=O)(=O)c1ccc(=O)n(CC(=O)Nc2cccc(S(=O)(=O)NC(C)(C)C)c2)c1. The first kappa shape index (κ1) is 26.7. The Balaban J connectivity index is 2.25. The highest BCUT2D eigenvalue weighted by Gasteiger charge is 2.24. The lowest BCUT2D eigenvalue weighted by atomic mass is 10.1. The van der Waals surface area contributed by atoms with Crippen LogP contribution in [0.15, 0.2) is 57.2 Å². The van der Waals surface area contributed by atoms with Crippen molar-refractivity contribution < 1.29 is 21.6 Å². The average Bonchev–Trinajstić information content (AvgIpc) is 2.68. The Labute approximate surface area is 194 Å². The van der Waals surface area contributed by atoms with Crippen LogP contribution < -0.4 is 15.6 Å². The summed E-state index contributed by atoms with van der Waals surface area (Å²) in [5, 5.41) is 2.55. The summed E-state index contributed by atoms with van der Waals surface area (Å²) in [6, 6.07) is 8.00. The van der Waals surface area contributed by atoms with Gasteiger partial charge in [0.1, 0.15) is 6.54 Å². The van der Waals surface area contributed by atoms with Gasteiger partial charge < -0.3 is 9.88 Å². The third kappa shape index (κ3) is 6.97. The van der Waals surface area contributed by atoms with Crippen molar-refractivity contribution in [1.82, 2.24) is 13.6 Å². The number of sulfonamides is 2. The minimum atomic E-state index is -3.81. The molecule has 2 N–H and O–H groups in total. The summed E-state index contributed by atoms with van der Waals surface area (Å²) in [7, 11) is -7.61. The van der Waals surface area contributed by atoms with Crippen molar-refractivity contribution in [2.45, 2.75) is 56.5 Å². The van der Waals surface area contributed by atoms with Crippen molar-refractivity contribution in [3.8, 4) is 0 Å². The van der Waals surface area contributed by atoms with Gasteiger partial charge in [0.15, 0.2) is 0 Å². The fraction of sp³-hybridized carbons (Fsp3) is 0.429. The normalized spacial score (nSPS) is 12.7. The standard InChI is InChI=1S/C21H30N4O6S2/c1-6-25(7-2)33(30,31)18-11-12-20(27)24(14-18)15-19(26)22-16-9-8-10-17(13-16)32(28,29)23-21(3,4)5/h8-14,23H,6-7,15H2,1-5H3,(H,22,26). The zero-order valence-corrected chi connectivity index (χ0v) is 21.0. The molecular formula is C21H30N4O6S2. The van der Waals surface area contributed by atoms with E-state index in [4.69, 9.17) is 0 Å². The second kappa shape index (κ2) is 10.2. The number of hydrogen-bond acceptors (Lipinski definition) is 6. The van der Waals surface area contributed by atoms with Crippen molar-refractivity contribution in [2.24, 2.45) is 0 Å². The van der Waals surface area contributed by atoms with Crippen LogP contribution in [-0.4, -0.2) is 50.2 Å². The molecule has 33 heavy (non-hydrogen) atoms. The van der Waals surface area contributed by atoms with Crippen LogP contribution in [0.4, 0.5) is 5.69 Å². The zero-order valence-electron chi connectivity index (χ0n) is 19.3. The first-order valence-electron chi connectivity index (χ1n) is 10.3. The summed E-state index contributed by atoms with van der Waals surface area (Å²) in [5.41, 5.74) is -1.01. The molecule has 10 nitrogen and oxygen atoms in total. The van der Waals surface area contributed by atoms with Crippen LogP contribution in [0.25, 0.3) is 0 Å². The number of carbonyl (C=O) groups is 1. The van der Waals surface area contributed by atoms with Gasteiger partial charge in [0.05, 0.1) is 9.79 Å². The molecule has 1 aromatic heterocycles. The molecular weight excluding hydrogens is 468 g/mol. The first-order chi connectivity index (χ1) is 15.2. The van der Waals surface area contributed by atoms with Gasteiger partial charge in [-0.3, -0.25) is 9.59 Å². The Morgan fingerprint density at radius 1 is 1.00 bits per heavy atom. The Hall–Kier alpha value is -2.54. The molecule has 0 atom stereocenters. The molecule has 0 saturated heterocycles. The van der Waals surface area contributed by atoms with E-state index in [2.05, 4.69) is 10.0 Å². The van der Waals surface area contributed by atoms with Gasteiger partial charge in [-0.1, -0.05) is 19.9 Å². The number of amides is 1. The molecule has 0 aliphatic carbocycles. The maximum atomic E-state index is 12.7. The van der Waals surface area contributed by atoms with Crippen LogP contribution in [0.1, 0.15) is 34.6 Å². The highest BCUT2D eigenvalue weighted by molar-refractivity contribution is 7.89. The Morgan fingerprint density at radius 3 is 2.21 bits per heavy atom. The maximum Gasteiger partial charge on any atom is 0.251 e. The maximum absolute atomic E-state index is 12.7. The van der Waals surface area contributed by atoms with Crippen molar-refractivity contribution in [2.75, 3.05) is 18.4 Å². The summed E-state index contributed by atoms with van der Waals surface area (Å²) in [5.74, 6) is -0.618. The largest absolute Gasteiger partial charge is 0.324 e. The predicted octanol–water partition coefficient (Wildman–Crippen LogP) is 1.59. The van der Waals surface area contributed by atoms with E-state index < -0.39 is 43.6 Å². The zero-order chi connectivity index (χ0) is 25.0. The number of benzene rings is 1. The molecule has 0 saturated carbocycles. The lowest BCUT2D eigenvalue weighted by Crippen LogP contribution is -2.40. The lowest BCUT2D eigenvalue weighted by molar-refractivity contribution is -0.116. The van der Waals surface area contributed by atoms with Crippen molar-refractivity contribution in [3.05, 3.63) is 52.9 Å². The van der Waals surface area contributed by atoms with E-state index in [-0.39, 0.29) is 28.6 Å². The van der Waals surface area contributed by atoms with E-state index >= 15 is 0 Å². The summed E-state index contributed by atoms with van der Waals surface area (Å²) in [6.45, 7) is 8.63. The van der Waals surface area contributed by atoms with E-state index in [1.54, 1.807) is 34.6 Å². The van der Waals surface area contributed by atoms with Gasteiger partial charge in [0.25, 0.3) is 5.56 Å². The van der Waals surface area contributed by atoms with Crippen LogP contribution in [0.5, 0.6) is 0 Å². The lowest BCUT2D eigenvalue weighted by Gasteiger charge is -2.20. The molecule has 1 heterocycles. The minimum absolute atomic E-state index is 0.0281. The average molecular weight is 499 g/mol. The van der Waals surface area contributed by atoms with Gasteiger partial charge in [-0.25, -0.2) is 21.6 Å². The molecule has 2 rings (SSSR count). The number of nitrogens with zero attached hydrogens (tertiary/aromatic N) is 2. The van der Waals surface area contributed by atoms with Gasteiger partial charge in [0.2, 0.25) is 26.0 Å². The highest BCUT2D eigenvalue weighted by Crippen LogP contribution is 2.18. The van der Waals surface area contributed by atoms with Crippen LogP contribution in [0.3, 0.4) is 0 Å². The predicted molar refractivity (Wildman–Crippen MR) is 126 cm³/mol. The number of nitrogens with one attached hydrogen (secondary N) is 2. The smallest absolute Gasteiger partial charge is 0.251 e. The van der Waals surface area contributed by atoms with Crippen LogP contribution in [-0.2, 0) is 31.4 Å². The highest BCUT2D eigenvalue weighted by atomic mass is 32.2. The minimum Gasteiger partial charge on any atom is -0.324 e. The quantitative estimate of drug-likeness (QED) is 0.539. The number of pyridine rings is 1. The van der Waals surface area contributed by atoms with Gasteiger partial charge in [0, 0.05) is 36.6 Å². The van der Waals surface area contributed by atoms with E-state index in [9.17, 15) is 26.4 Å². The second-order valence-electron chi connectivity index (χ2n) is 8.35. The van der Waals surface area contributed by atoms with E-state index in [1.165, 1.54) is 34.6 Å². The number of rotatable bonds is 9. The molecule has 0 bridgehead atoms. The van der Waals surface area contributed by atoms with Crippen molar-refractivity contribution in [3.63, 3.8) is 0 Å². The van der Waals surface area contributed by atoms with Crippen LogP contribution >= 0.6 is 0 Å². The van der Waals surface area contributed by atoms with E-state index in [0.717, 1.165) is 16.8 Å². The van der Waals surface area contributed by atoms with Crippen molar-refractivity contribution in [1.29, 1.82) is 0 Å². The van der Waals surface area contributed by atoms with Crippen molar-refractivity contribution >= 4 is 31.6 Å². The number of hydrogen-bond donors (Lipinski definition) is 2. The van der Waals surface area contributed by atoms with Gasteiger partial charge >= 0.3 is 0 Å². The number of aromatic nitrogens is 1. The number of anilines is 1. The Bertz CT molecular complexity index is 1270. The monoisotopic (exact) mass is 498 g/mol. The fourth-order valence-electron chi connectivity index (χ4n) is 3.06. The summed E-state index contributed by atoms with van der Waals surface area (Å²) in [6.07, 6.45) is 1.13. The Morgan fingerprint density at radius 2 is 1.64 bits per heavy atom. The molecule has 2 aromatic rings. The molecule has 182 valence electrons. The van der Waals surface area contributed by atoms with Gasteiger partial charge in [-0.2, -0.15) is 4.31 Å². The summed E-state index contributed by atoms with van der Waals surface area (Å²) >= 11 is 0.